The Morgan fingerprint density at radius 3 is 2.11 bits per heavy atom. The first-order chi connectivity index (χ1) is 31.3. The summed E-state index contributed by atoms with van der Waals surface area (Å²) in [6, 6.07) is 11.1. The van der Waals surface area contributed by atoms with Crippen molar-refractivity contribution in [2.75, 3.05) is 18.4 Å². The van der Waals surface area contributed by atoms with E-state index < -0.39 is 102 Å². The second kappa shape index (κ2) is 24.1. The number of carbonyl (C=O) groups excluding carboxylic acids is 6. The summed E-state index contributed by atoms with van der Waals surface area (Å²) in [5.74, 6) is -8.33. The maximum absolute atomic E-state index is 15.4. The zero-order valence-corrected chi connectivity index (χ0v) is 38.4. The van der Waals surface area contributed by atoms with E-state index in [-0.39, 0.29) is 44.7 Å². The molecule has 66 heavy (non-hydrogen) atoms. The van der Waals surface area contributed by atoms with Crippen molar-refractivity contribution < 1.29 is 48.6 Å². The molecule has 2 heterocycles. The molecule has 0 aliphatic carbocycles. The lowest BCUT2D eigenvalue weighted by atomic mass is 9.69. The van der Waals surface area contributed by atoms with Crippen LogP contribution in [0.2, 0.25) is 0 Å². The monoisotopic (exact) mass is 914 g/mol. The van der Waals surface area contributed by atoms with Crippen LogP contribution in [0.15, 0.2) is 77.9 Å². The molecule has 2 aliphatic heterocycles. The Morgan fingerprint density at radius 1 is 0.833 bits per heavy atom. The quantitative estimate of drug-likeness (QED) is 0.0650. The Labute approximate surface area is 385 Å². The fourth-order valence-electron chi connectivity index (χ4n) is 8.64. The van der Waals surface area contributed by atoms with E-state index in [0.29, 0.717) is 24.1 Å². The summed E-state index contributed by atoms with van der Waals surface area (Å²) in [4.78, 5) is 108. The molecule has 18 heteroatoms. The van der Waals surface area contributed by atoms with Gasteiger partial charge in [-0.1, -0.05) is 92.1 Å². The Morgan fingerprint density at radius 2 is 1.48 bits per heavy atom. The highest BCUT2D eigenvalue weighted by molar-refractivity contribution is 5.96. The highest BCUT2D eigenvalue weighted by Crippen LogP contribution is 2.54. The number of likely N-dealkylation sites (tertiary alicyclic amines) is 1. The van der Waals surface area contributed by atoms with E-state index in [1.807, 2.05) is 76.2 Å². The number of nitrogens with two attached hydrogens (primary N) is 2. The van der Waals surface area contributed by atoms with Crippen LogP contribution in [0.4, 0.5) is 5.69 Å². The number of rotatable bonds is 25. The molecule has 18 nitrogen and oxygen atoms in total. The van der Waals surface area contributed by atoms with E-state index in [4.69, 9.17) is 11.5 Å². The molecular weight excluding hydrogens is 849 g/mol. The number of anilines is 1. The van der Waals surface area contributed by atoms with Gasteiger partial charge in [-0.2, -0.15) is 0 Å². The van der Waals surface area contributed by atoms with Gasteiger partial charge in [0.25, 0.3) is 0 Å². The van der Waals surface area contributed by atoms with Gasteiger partial charge in [0, 0.05) is 31.5 Å². The van der Waals surface area contributed by atoms with Crippen LogP contribution in [-0.4, -0.2) is 106 Å². The minimum absolute atomic E-state index is 0.0464. The molecule has 0 unspecified atom stereocenters. The summed E-state index contributed by atoms with van der Waals surface area (Å²) >= 11 is 0. The fraction of sp³-hybridized carbons (Fsp3) is 0.500. The highest BCUT2D eigenvalue weighted by Gasteiger charge is 2.63. The van der Waals surface area contributed by atoms with Crippen molar-refractivity contribution in [2.24, 2.45) is 23.3 Å². The molecule has 1 saturated heterocycles. The zero-order chi connectivity index (χ0) is 48.7. The second-order valence-corrected chi connectivity index (χ2v) is 17.5. The van der Waals surface area contributed by atoms with Crippen molar-refractivity contribution in [2.45, 2.75) is 128 Å². The molecule has 8 atom stereocenters. The molecule has 358 valence electrons. The Bertz CT molecular complexity index is 2160. The number of hydrogen-bond acceptors (Lipinski definition) is 10. The van der Waals surface area contributed by atoms with Gasteiger partial charge >= 0.3 is 11.9 Å². The van der Waals surface area contributed by atoms with E-state index in [1.54, 1.807) is 19.1 Å². The molecule has 2 aliphatic rings. The average molecular weight is 915 g/mol. The largest absolute Gasteiger partial charge is 0.481 e. The molecule has 0 bridgehead atoms. The third-order valence-electron chi connectivity index (χ3n) is 12.5. The fourth-order valence-corrected chi connectivity index (χ4v) is 8.64. The van der Waals surface area contributed by atoms with Crippen molar-refractivity contribution in [3.63, 3.8) is 0 Å². The molecule has 0 spiro atoms. The van der Waals surface area contributed by atoms with Crippen molar-refractivity contribution in [1.82, 2.24) is 26.2 Å². The lowest BCUT2D eigenvalue weighted by Crippen LogP contribution is -2.58. The predicted molar refractivity (Wildman–Crippen MR) is 247 cm³/mol. The zero-order valence-electron chi connectivity index (χ0n) is 38.4. The van der Waals surface area contributed by atoms with Crippen LogP contribution in [0.25, 0.3) is 0 Å². The molecular formula is C48H66N8O10. The topological polar surface area (TPSA) is 292 Å². The van der Waals surface area contributed by atoms with Gasteiger partial charge in [0.2, 0.25) is 35.4 Å². The van der Waals surface area contributed by atoms with Gasteiger partial charge < -0.3 is 53.2 Å². The minimum Gasteiger partial charge on any atom is -0.481 e. The maximum atomic E-state index is 15.4. The van der Waals surface area contributed by atoms with Crippen LogP contribution >= 0.6 is 0 Å². The number of primary amides is 1. The number of fused-ring (bicyclic) bond motifs is 3. The first-order valence-corrected chi connectivity index (χ1v) is 22.5. The van der Waals surface area contributed by atoms with Gasteiger partial charge in [0.15, 0.2) is 0 Å². The second-order valence-electron chi connectivity index (χ2n) is 17.5. The third-order valence-corrected chi connectivity index (χ3v) is 12.5. The molecule has 6 amide bonds. The standard InChI is InChI=1S/C48H66N8O10/c1-6-30(5)41(55-39(58)26-49)44(63)53-37(25-31-15-8-7-9-16-31)45(64)56-27-33(42(61)51-35(20-22-40(59)60)43(62)52-36(46(65)66)19-21-38(50)57)48(24-23-29(4)14-12-13-28(2)3)32-17-10-11-18-34(32)54-47(48)56/h7-11,13,15-18,23,30,33,35-37,41,47,54H,6,12,14,19-22,24-27,49H2,1-5H3,(H2,50,57)(H,51,61)(H,52,62)(H,53,63)(H,55,58)(H,59,60)(H,65,66)/b29-23-/t30-,33+,35-,36-,37-,41-,47+,48-/m0/s1. The van der Waals surface area contributed by atoms with Gasteiger partial charge in [-0.3, -0.25) is 33.6 Å². The molecule has 0 saturated carbocycles. The van der Waals surface area contributed by atoms with E-state index in [1.165, 1.54) is 4.90 Å². The summed E-state index contributed by atoms with van der Waals surface area (Å²) in [5, 5.41) is 33.7. The number of carbonyl (C=O) groups is 8. The van der Waals surface area contributed by atoms with Crippen molar-refractivity contribution in [3.05, 3.63) is 89.0 Å². The normalized spacial score (nSPS) is 19.6. The van der Waals surface area contributed by atoms with Gasteiger partial charge in [0.05, 0.1) is 17.9 Å². The summed E-state index contributed by atoms with van der Waals surface area (Å²) < 4.78 is 0. The lowest BCUT2D eigenvalue weighted by molar-refractivity contribution is -0.143. The number of nitrogens with zero attached hydrogens (tertiary/aromatic N) is 1. The Hall–Kier alpha value is -6.56. The van der Waals surface area contributed by atoms with E-state index >= 15 is 9.59 Å². The smallest absolute Gasteiger partial charge is 0.326 e. The van der Waals surface area contributed by atoms with Gasteiger partial charge in [-0.15, -0.1) is 0 Å². The maximum Gasteiger partial charge on any atom is 0.326 e. The highest BCUT2D eigenvalue weighted by atomic mass is 16.4. The van der Waals surface area contributed by atoms with Crippen LogP contribution in [0, 0.1) is 11.8 Å². The van der Waals surface area contributed by atoms with E-state index in [2.05, 4.69) is 32.7 Å². The molecule has 0 radical (unpaired) electrons. The van der Waals surface area contributed by atoms with Crippen LogP contribution in [0.5, 0.6) is 0 Å². The number of carboxylic acid groups (broad SMARTS) is 2. The van der Waals surface area contributed by atoms with Crippen molar-refractivity contribution >= 4 is 53.1 Å². The summed E-state index contributed by atoms with van der Waals surface area (Å²) in [7, 11) is 0. The number of amides is 6. The van der Waals surface area contributed by atoms with Crippen molar-refractivity contribution in [1.29, 1.82) is 0 Å². The van der Waals surface area contributed by atoms with Crippen LogP contribution < -0.4 is 38.1 Å². The number of carboxylic acids is 2. The van der Waals surface area contributed by atoms with Crippen molar-refractivity contribution in [3.8, 4) is 0 Å². The van der Waals surface area contributed by atoms with Gasteiger partial charge in [0.1, 0.15) is 30.3 Å². The molecule has 1 fully saturated rings. The summed E-state index contributed by atoms with van der Waals surface area (Å²) in [6.45, 7) is 9.11. The Kier molecular flexibility index (Phi) is 19.0. The van der Waals surface area contributed by atoms with Gasteiger partial charge in [-0.05, 0) is 76.0 Å². The van der Waals surface area contributed by atoms with E-state index in [0.717, 1.165) is 23.1 Å². The number of allylic oxidation sites excluding steroid dienone is 4. The number of aliphatic carboxylic acids is 2. The van der Waals surface area contributed by atoms with Gasteiger partial charge in [-0.25, -0.2) is 4.79 Å². The molecule has 11 N–H and O–H groups in total. The molecule has 4 rings (SSSR count). The number of para-hydroxylation sites is 1. The average Bonchev–Trinajstić information content (AvgIpc) is 3.78. The van der Waals surface area contributed by atoms with Crippen LogP contribution in [0.3, 0.4) is 0 Å². The Balaban J connectivity index is 1.85. The summed E-state index contributed by atoms with van der Waals surface area (Å²) in [5.41, 5.74) is 13.9. The third kappa shape index (κ3) is 13.5. The lowest BCUT2D eigenvalue weighted by Gasteiger charge is -2.36. The molecule has 2 aromatic carbocycles. The van der Waals surface area contributed by atoms with Crippen LogP contribution in [0.1, 0.15) is 97.1 Å². The van der Waals surface area contributed by atoms with E-state index in [9.17, 15) is 39.0 Å². The van der Waals surface area contributed by atoms with Crippen LogP contribution in [-0.2, 0) is 50.2 Å². The first-order valence-electron chi connectivity index (χ1n) is 22.5. The molecule has 0 aromatic heterocycles. The minimum atomic E-state index is -1.57. The molecule has 2 aromatic rings. The first kappa shape index (κ1) is 52.1. The number of hydrogen-bond donors (Lipinski definition) is 9. The SMILES string of the molecule is CC[C@H](C)[C@H](NC(=O)CN)C(=O)N[C@@H](Cc1ccccc1)C(=O)N1C[C@H](C(=O)N[C@@H](CCC(=O)O)C(=O)N[C@@H](CCC(N)=O)C(=O)O)[C@]2(C/C=C(/C)CCC=C(C)C)c3ccccc3N[C@H]12. The predicted octanol–water partition coefficient (Wildman–Crippen LogP) is 2.62. The number of benzene rings is 2. The summed E-state index contributed by atoms with van der Waals surface area (Å²) in [6.07, 6.45) is 3.87. The number of nitrogens with one attached hydrogen (secondary N) is 5.